The predicted molar refractivity (Wildman–Crippen MR) is 74.5 cm³/mol. The van der Waals surface area contributed by atoms with Gasteiger partial charge in [0, 0.05) is 12.6 Å². The fourth-order valence-corrected chi connectivity index (χ4v) is 4.50. The standard InChI is InChI=1S/C13H26N2O2S/c1-2-12-3-7-15(8-4-12)9-5-13-11-18(16,17)10-6-14-13/h12-14H,2-11H2,1H3. The van der Waals surface area contributed by atoms with Gasteiger partial charge in [-0.2, -0.15) is 0 Å². The topological polar surface area (TPSA) is 49.4 Å². The van der Waals surface area contributed by atoms with Crippen molar-refractivity contribution in [2.75, 3.05) is 37.7 Å². The molecule has 2 saturated heterocycles. The number of nitrogens with one attached hydrogen (secondary N) is 1. The Bertz CT molecular complexity index is 348. The van der Waals surface area contributed by atoms with Gasteiger partial charge in [0.15, 0.2) is 9.84 Å². The molecule has 2 rings (SSSR count). The van der Waals surface area contributed by atoms with Crippen LogP contribution in [-0.4, -0.2) is 57.0 Å². The van der Waals surface area contributed by atoms with Gasteiger partial charge >= 0.3 is 0 Å². The van der Waals surface area contributed by atoms with E-state index in [0.29, 0.717) is 18.1 Å². The number of hydrogen-bond donors (Lipinski definition) is 1. The van der Waals surface area contributed by atoms with Gasteiger partial charge in [-0.25, -0.2) is 8.42 Å². The second-order valence-corrected chi connectivity index (χ2v) is 7.98. The van der Waals surface area contributed by atoms with Gasteiger partial charge in [-0.15, -0.1) is 0 Å². The first-order valence-corrected chi connectivity index (χ1v) is 9.07. The summed E-state index contributed by atoms with van der Waals surface area (Å²) in [5, 5.41) is 3.33. The van der Waals surface area contributed by atoms with Crippen LogP contribution in [-0.2, 0) is 9.84 Å². The van der Waals surface area contributed by atoms with Crippen molar-refractivity contribution in [3.63, 3.8) is 0 Å². The summed E-state index contributed by atoms with van der Waals surface area (Å²) in [6, 6.07) is 0.174. The zero-order chi connectivity index (χ0) is 13.0. The van der Waals surface area contributed by atoms with E-state index in [1.807, 2.05) is 0 Å². The highest BCUT2D eigenvalue weighted by Crippen LogP contribution is 2.20. The maximum atomic E-state index is 11.5. The fraction of sp³-hybridized carbons (Fsp3) is 1.00. The first-order chi connectivity index (χ1) is 8.59. The SMILES string of the molecule is CCC1CCN(CCC2CS(=O)(=O)CCN2)CC1. The van der Waals surface area contributed by atoms with Crippen molar-refractivity contribution in [1.29, 1.82) is 0 Å². The third-order valence-electron chi connectivity index (χ3n) is 4.38. The van der Waals surface area contributed by atoms with Crippen LogP contribution in [0.25, 0.3) is 0 Å². The molecule has 1 N–H and O–H groups in total. The van der Waals surface area contributed by atoms with Crippen molar-refractivity contribution in [1.82, 2.24) is 10.2 Å². The second kappa shape index (κ2) is 6.35. The Kier molecular flexibility index (Phi) is 5.04. The molecule has 0 bridgehead atoms. The molecule has 0 radical (unpaired) electrons. The molecular formula is C13H26N2O2S. The van der Waals surface area contributed by atoms with E-state index < -0.39 is 9.84 Å². The zero-order valence-corrected chi connectivity index (χ0v) is 12.2. The summed E-state index contributed by atoms with van der Waals surface area (Å²) < 4.78 is 23.1. The molecule has 18 heavy (non-hydrogen) atoms. The Morgan fingerprint density at radius 1 is 1.28 bits per heavy atom. The number of nitrogens with zero attached hydrogens (tertiary/aromatic N) is 1. The first kappa shape index (κ1) is 14.3. The quantitative estimate of drug-likeness (QED) is 0.827. The van der Waals surface area contributed by atoms with E-state index >= 15 is 0 Å². The Labute approximate surface area is 111 Å². The van der Waals surface area contributed by atoms with Crippen molar-refractivity contribution < 1.29 is 8.42 Å². The van der Waals surface area contributed by atoms with Crippen molar-refractivity contribution >= 4 is 9.84 Å². The highest BCUT2D eigenvalue weighted by atomic mass is 32.2. The summed E-state index contributed by atoms with van der Waals surface area (Å²) in [5.41, 5.74) is 0. The fourth-order valence-electron chi connectivity index (χ4n) is 3.01. The van der Waals surface area contributed by atoms with Crippen LogP contribution in [0.5, 0.6) is 0 Å². The van der Waals surface area contributed by atoms with E-state index in [4.69, 9.17) is 0 Å². The van der Waals surface area contributed by atoms with Crippen LogP contribution >= 0.6 is 0 Å². The van der Waals surface area contributed by atoms with Crippen LogP contribution in [0.1, 0.15) is 32.6 Å². The van der Waals surface area contributed by atoms with Crippen molar-refractivity contribution in [2.24, 2.45) is 5.92 Å². The van der Waals surface area contributed by atoms with Crippen LogP contribution in [0.2, 0.25) is 0 Å². The van der Waals surface area contributed by atoms with Crippen molar-refractivity contribution in [3.8, 4) is 0 Å². The molecule has 0 aromatic carbocycles. The van der Waals surface area contributed by atoms with Crippen LogP contribution in [0, 0.1) is 5.92 Å². The molecule has 0 spiro atoms. The second-order valence-electron chi connectivity index (χ2n) is 5.75. The summed E-state index contributed by atoms with van der Waals surface area (Å²) in [6.45, 7) is 6.33. The smallest absolute Gasteiger partial charge is 0.153 e. The Morgan fingerprint density at radius 3 is 2.61 bits per heavy atom. The van der Waals surface area contributed by atoms with E-state index in [1.54, 1.807) is 0 Å². The van der Waals surface area contributed by atoms with Crippen molar-refractivity contribution in [2.45, 2.75) is 38.6 Å². The lowest BCUT2D eigenvalue weighted by molar-refractivity contribution is 0.175. The van der Waals surface area contributed by atoms with Gasteiger partial charge in [0.2, 0.25) is 0 Å². The summed E-state index contributed by atoms with van der Waals surface area (Å²) in [5.74, 6) is 1.55. The van der Waals surface area contributed by atoms with Crippen molar-refractivity contribution in [3.05, 3.63) is 0 Å². The van der Waals surface area contributed by atoms with Gasteiger partial charge in [-0.05, 0) is 44.8 Å². The molecule has 0 aromatic rings. The largest absolute Gasteiger partial charge is 0.312 e. The summed E-state index contributed by atoms with van der Waals surface area (Å²) in [6.07, 6.45) is 4.89. The number of likely N-dealkylation sites (tertiary alicyclic amines) is 1. The average Bonchev–Trinajstić information content (AvgIpc) is 2.36. The lowest BCUT2D eigenvalue weighted by Gasteiger charge is -2.33. The van der Waals surface area contributed by atoms with Gasteiger partial charge < -0.3 is 10.2 Å². The highest BCUT2D eigenvalue weighted by molar-refractivity contribution is 7.91. The maximum absolute atomic E-state index is 11.5. The maximum Gasteiger partial charge on any atom is 0.153 e. The zero-order valence-electron chi connectivity index (χ0n) is 11.4. The minimum Gasteiger partial charge on any atom is -0.312 e. The third-order valence-corrected chi connectivity index (χ3v) is 6.12. The molecule has 1 atom stereocenters. The van der Waals surface area contributed by atoms with Gasteiger partial charge in [0.05, 0.1) is 11.5 Å². The summed E-state index contributed by atoms with van der Waals surface area (Å²) in [4.78, 5) is 2.50. The number of piperidine rings is 1. The number of hydrogen-bond acceptors (Lipinski definition) is 4. The Morgan fingerprint density at radius 2 is 2.00 bits per heavy atom. The molecule has 2 fully saturated rings. The Hall–Kier alpha value is -0.130. The van der Waals surface area contributed by atoms with E-state index in [-0.39, 0.29) is 6.04 Å². The van der Waals surface area contributed by atoms with E-state index in [1.165, 1.54) is 32.4 Å². The van der Waals surface area contributed by atoms with Gasteiger partial charge in [-0.1, -0.05) is 13.3 Å². The molecule has 1 unspecified atom stereocenters. The molecule has 0 saturated carbocycles. The third kappa shape index (κ3) is 4.21. The molecular weight excluding hydrogens is 248 g/mol. The number of rotatable bonds is 4. The minimum absolute atomic E-state index is 0.174. The van der Waals surface area contributed by atoms with Crippen LogP contribution in [0.15, 0.2) is 0 Å². The molecule has 0 amide bonds. The molecule has 0 aliphatic carbocycles. The monoisotopic (exact) mass is 274 g/mol. The summed E-state index contributed by atoms with van der Waals surface area (Å²) >= 11 is 0. The molecule has 0 aromatic heterocycles. The van der Waals surface area contributed by atoms with E-state index in [9.17, 15) is 8.42 Å². The van der Waals surface area contributed by atoms with Crippen LogP contribution in [0.3, 0.4) is 0 Å². The molecule has 2 aliphatic rings. The van der Waals surface area contributed by atoms with E-state index in [0.717, 1.165) is 18.9 Å². The minimum atomic E-state index is -2.78. The number of sulfone groups is 1. The molecule has 5 heteroatoms. The normalized spacial score (nSPS) is 30.4. The lowest BCUT2D eigenvalue weighted by atomic mass is 9.94. The first-order valence-electron chi connectivity index (χ1n) is 7.25. The van der Waals surface area contributed by atoms with E-state index in [2.05, 4.69) is 17.1 Å². The van der Waals surface area contributed by atoms with Gasteiger partial charge in [0.1, 0.15) is 0 Å². The Balaban J connectivity index is 1.69. The lowest BCUT2D eigenvalue weighted by Crippen LogP contribution is -2.47. The van der Waals surface area contributed by atoms with Gasteiger partial charge in [-0.3, -0.25) is 0 Å². The molecule has 2 heterocycles. The van der Waals surface area contributed by atoms with Crippen LogP contribution < -0.4 is 5.32 Å². The van der Waals surface area contributed by atoms with Crippen LogP contribution in [0.4, 0.5) is 0 Å². The molecule has 2 aliphatic heterocycles. The highest BCUT2D eigenvalue weighted by Gasteiger charge is 2.25. The average molecular weight is 274 g/mol. The molecule has 4 nitrogen and oxygen atoms in total. The van der Waals surface area contributed by atoms with Gasteiger partial charge in [0.25, 0.3) is 0 Å². The molecule has 106 valence electrons. The summed E-state index contributed by atoms with van der Waals surface area (Å²) in [7, 11) is -2.78. The predicted octanol–water partition coefficient (Wildman–Crippen LogP) is 0.885.